The van der Waals surface area contributed by atoms with Gasteiger partial charge in [-0.15, -0.1) is 11.6 Å². The highest BCUT2D eigenvalue weighted by Crippen LogP contribution is 2.57. The highest BCUT2D eigenvalue weighted by molar-refractivity contribution is 6.21. The van der Waals surface area contributed by atoms with Gasteiger partial charge in [0.2, 0.25) is 0 Å². The van der Waals surface area contributed by atoms with Crippen LogP contribution in [0.5, 0.6) is 0 Å². The summed E-state index contributed by atoms with van der Waals surface area (Å²) < 4.78 is 0. The molecule has 0 aromatic rings. The van der Waals surface area contributed by atoms with Crippen LogP contribution in [0.15, 0.2) is 0 Å². The van der Waals surface area contributed by atoms with Crippen LogP contribution in [0.25, 0.3) is 0 Å². The van der Waals surface area contributed by atoms with Crippen LogP contribution in [-0.2, 0) is 0 Å². The van der Waals surface area contributed by atoms with Crippen molar-refractivity contribution in [3.63, 3.8) is 0 Å². The molecule has 2 heteroatoms. The topological polar surface area (TPSA) is 3.24 Å². The second kappa shape index (κ2) is 1.94. The van der Waals surface area contributed by atoms with Gasteiger partial charge in [-0.1, -0.05) is 20.8 Å². The normalized spacial score (nSPS) is 53.5. The molecule has 3 atom stereocenters. The van der Waals surface area contributed by atoms with Gasteiger partial charge in [0.1, 0.15) is 0 Å². The SMILES string of the molecule is CC12CCN(C1)C(Cl)C2(C)C. The van der Waals surface area contributed by atoms with Crippen LogP contribution in [0.2, 0.25) is 0 Å². The van der Waals surface area contributed by atoms with Crippen molar-refractivity contribution in [3.05, 3.63) is 0 Å². The smallest absolute Gasteiger partial charge is 0.0907 e. The maximum absolute atomic E-state index is 6.32. The molecule has 1 nitrogen and oxygen atoms in total. The number of alkyl halides is 1. The molecule has 64 valence electrons. The molecule has 3 unspecified atom stereocenters. The van der Waals surface area contributed by atoms with Crippen LogP contribution in [0.4, 0.5) is 0 Å². The van der Waals surface area contributed by atoms with Gasteiger partial charge in [0.05, 0.1) is 5.50 Å². The Morgan fingerprint density at radius 3 is 2.27 bits per heavy atom. The molecule has 2 bridgehead atoms. The summed E-state index contributed by atoms with van der Waals surface area (Å²) in [6.45, 7) is 9.37. The van der Waals surface area contributed by atoms with E-state index in [0.29, 0.717) is 10.8 Å². The molecule has 11 heavy (non-hydrogen) atoms. The van der Waals surface area contributed by atoms with E-state index in [0.717, 1.165) is 0 Å². The minimum Gasteiger partial charge on any atom is -0.286 e. The molecule has 0 spiro atoms. The molecule has 2 heterocycles. The largest absolute Gasteiger partial charge is 0.286 e. The Hall–Kier alpha value is 0.250. The number of fused-ring (bicyclic) bond motifs is 2. The van der Waals surface area contributed by atoms with Gasteiger partial charge in [-0.2, -0.15) is 0 Å². The van der Waals surface area contributed by atoms with Gasteiger partial charge in [0, 0.05) is 18.5 Å². The Morgan fingerprint density at radius 2 is 2.00 bits per heavy atom. The van der Waals surface area contributed by atoms with E-state index in [2.05, 4.69) is 25.7 Å². The lowest BCUT2D eigenvalue weighted by Gasteiger charge is -2.41. The van der Waals surface area contributed by atoms with Gasteiger partial charge < -0.3 is 0 Å². The second-order valence-corrected chi connectivity index (χ2v) is 5.25. The quantitative estimate of drug-likeness (QED) is 0.402. The van der Waals surface area contributed by atoms with E-state index in [9.17, 15) is 0 Å². The van der Waals surface area contributed by atoms with E-state index in [1.807, 2.05) is 0 Å². The number of hydrogen-bond acceptors (Lipinski definition) is 1. The summed E-state index contributed by atoms with van der Waals surface area (Å²) in [5, 5.41) is 0. The third-order valence-corrected chi connectivity index (χ3v) is 4.80. The highest BCUT2D eigenvalue weighted by Gasteiger charge is 2.58. The molecule has 2 aliphatic heterocycles. The zero-order chi connectivity index (χ0) is 8.28. The lowest BCUT2D eigenvalue weighted by atomic mass is 9.67. The van der Waals surface area contributed by atoms with Crippen molar-refractivity contribution in [2.75, 3.05) is 13.1 Å². The predicted molar refractivity (Wildman–Crippen MR) is 47.7 cm³/mol. The highest BCUT2D eigenvalue weighted by atomic mass is 35.5. The molecule has 0 radical (unpaired) electrons. The summed E-state index contributed by atoms with van der Waals surface area (Å²) in [6, 6.07) is 0. The van der Waals surface area contributed by atoms with Crippen molar-refractivity contribution in [1.29, 1.82) is 0 Å². The maximum Gasteiger partial charge on any atom is 0.0907 e. The first-order valence-electron chi connectivity index (χ1n) is 4.35. The van der Waals surface area contributed by atoms with Crippen LogP contribution in [0, 0.1) is 10.8 Å². The monoisotopic (exact) mass is 173 g/mol. The molecule has 0 saturated carbocycles. The standard InChI is InChI=1S/C9H16ClN/c1-8(2)7(10)11-5-4-9(8,3)6-11/h7H,4-6H2,1-3H3. The molecule has 2 saturated heterocycles. The first-order chi connectivity index (χ1) is 4.97. The second-order valence-electron chi connectivity index (χ2n) is 4.84. The average molecular weight is 174 g/mol. The summed E-state index contributed by atoms with van der Waals surface area (Å²) >= 11 is 6.32. The first-order valence-corrected chi connectivity index (χ1v) is 4.79. The zero-order valence-corrected chi connectivity index (χ0v) is 8.28. The van der Waals surface area contributed by atoms with Crippen molar-refractivity contribution in [3.8, 4) is 0 Å². The van der Waals surface area contributed by atoms with Gasteiger partial charge in [0.15, 0.2) is 0 Å². The zero-order valence-electron chi connectivity index (χ0n) is 7.52. The molecule has 0 N–H and O–H groups in total. The minimum absolute atomic E-state index is 0.265. The lowest BCUT2D eigenvalue weighted by molar-refractivity contribution is 0.111. The fraction of sp³-hybridized carbons (Fsp3) is 1.00. The number of piperidine rings is 1. The van der Waals surface area contributed by atoms with E-state index in [1.165, 1.54) is 19.5 Å². The molecular formula is C9H16ClN. The molecule has 0 aromatic heterocycles. The van der Waals surface area contributed by atoms with E-state index in [-0.39, 0.29) is 5.50 Å². The Kier molecular flexibility index (Phi) is 1.39. The fourth-order valence-corrected chi connectivity index (χ4v) is 2.89. The summed E-state index contributed by atoms with van der Waals surface area (Å²) in [5.74, 6) is 0. The summed E-state index contributed by atoms with van der Waals surface area (Å²) in [4.78, 5) is 2.40. The van der Waals surface area contributed by atoms with Crippen molar-refractivity contribution >= 4 is 11.6 Å². The minimum atomic E-state index is 0.265. The third-order valence-electron chi connectivity index (χ3n) is 3.97. The first kappa shape index (κ1) is 7.88. The van der Waals surface area contributed by atoms with Crippen LogP contribution in [0.1, 0.15) is 27.2 Å². The number of rotatable bonds is 0. The van der Waals surface area contributed by atoms with E-state index in [4.69, 9.17) is 11.6 Å². The molecule has 0 amide bonds. The van der Waals surface area contributed by atoms with Crippen molar-refractivity contribution in [2.45, 2.75) is 32.7 Å². The van der Waals surface area contributed by atoms with Crippen molar-refractivity contribution < 1.29 is 0 Å². The van der Waals surface area contributed by atoms with Gasteiger partial charge in [-0.05, 0) is 11.8 Å². The van der Waals surface area contributed by atoms with E-state index in [1.54, 1.807) is 0 Å². The van der Waals surface area contributed by atoms with Crippen LogP contribution >= 0.6 is 11.6 Å². The predicted octanol–water partition coefficient (Wildman–Crippen LogP) is 2.30. The summed E-state index contributed by atoms with van der Waals surface area (Å²) in [7, 11) is 0. The molecular weight excluding hydrogens is 158 g/mol. The van der Waals surface area contributed by atoms with Gasteiger partial charge >= 0.3 is 0 Å². The van der Waals surface area contributed by atoms with Crippen molar-refractivity contribution in [2.24, 2.45) is 10.8 Å². The number of nitrogens with zero attached hydrogens (tertiary/aromatic N) is 1. The number of halogens is 1. The summed E-state index contributed by atoms with van der Waals surface area (Å²) in [5.41, 5.74) is 1.04. The maximum atomic E-state index is 6.32. The van der Waals surface area contributed by atoms with Crippen molar-refractivity contribution in [1.82, 2.24) is 4.90 Å². The van der Waals surface area contributed by atoms with Crippen LogP contribution in [-0.4, -0.2) is 23.5 Å². The molecule has 0 aromatic carbocycles. The van der Waals surface area contributed by atoms with Gasteiger partial charge in [-0.3, -0.25) is 4.90 Å². The van der Waals surface area contributed by atoms with Crippen LogP contribution in [0.3, 0.4) is 0 Å². The Labute approximate surface area is 73.7 Å². The van der Waals surface area contributed by atoms with Crippen LogP contribution < -0.4 is 0 Å². The Bertz CT molecular complexity index is 187. The molecule has 0 aliphatic carbocycles. The molecule has 2 aliphatic rings. The average Bonchev–Trinajstić information content (AvgIpc) is 2.36. The molecule has 2 fully saturated rings. The fourth-order valence-electron chi connectivity index (χ4n) is 2.46. The number of hydrogen-bond donors (Lipinski definition) is 0. The van der Waals surface area contributed by atoms with Gasteiger partial charge in [-0.25, -0.2) is 0 Å². The Balaban J connectivity index is 2.36. The van der Waals surface area contributed by atoms with E-state index >= 15 is 0 Å². The van der Waals surface area contributed by atoms with Gasteiger partial charge in [0.25, 0.3) is 0 Å². The molecule has 2 rings (SSSR count). The summed E-state index contributed by atoms with van der Waals surface area (Å²) in [6.07, 6.45) is 1.32. The third kappa shape index (κ3) is 0.762. The lowest BCUT2D eigenvalue weighted by Crippen LogP contribution is -2.41. The van der Waals surface area contributed by atoms with E-state index < -0.39 is 0 Å². The Morgan fingerprint density at radius 1 is 1.36 bits per heavy atom.